The van der Waals surface area contributed by atoms with Crippen LogP contribution in [0.15, 0.2) is 12.1 Å². The molecule has 1 atom stereocenters. The molecule has 0 spiro atoms. The summed E-state index contributed by atoms with van der Waals surface area (Å²) in [5, 5.41) is 19.8. The Balaban J connectivity index is 3.18. The normalized spacial score (nSPS) is 14.5. The second-order valence-corrected chi connectivity index (χ2v) is 4.84. The molecule has 2 N–H and O–H groups in total. The standard InChI is InChI=1S/C13H19ClO3/c1-9-7-10(14)8-11(12(9)17-3)13(2,16)5-4-6-15/h7-8,15-16H,4-6H2,1-3H3. The molecule has 0 saturated carbocycles. The molecule has 0 aromatic heterocycles. The van der Waals surface area contributed by atoms with Gasteiger partial charge in [-0.1, -0.05) is 11.6 Å². The first-order valence-electron chi connectivity index (χ1n) is 5.60. The first-order chi connectivity index (χ1) is 7.92. The van der Waals surface area contributed by atoms with E-state index in [4.69, 9.17) is 21.4 Å². The summed E-state index contributed by atoms with van der Waals surface area (Å²) in [5.41, 5.74) is 0.502. The molecular formula is C13H19ClO3. The van der Waals surface area contributed by atoms with Crippen molar-refractivity contribution in [1.82, 2.24) is 0 Å². The highest BCUT2D eigenvalue weighted by atomic mass is 35.5. The van der Waals surface area contributed by atoms with Gasteiger partial charge in [0.15, 0.2) is 0 Å². The maximum Gasteiger partial charge on any atom is 0.127 e. The number of aryl methyl sites for hydroxylation is 1. The molecule has 0 aliphatic rings. The quantitative estimate of drug-likeness (QED) is 0.854. The Kier molecular flexibility index (Phi) is 4.80. The van der Waals surface area contributed by atoms with E-state index in [1.807, 2.05) is 6.92 Å². The lowest BCUT2D eigenvalue weighted by atomic mass is 9.89. The first kappa shape index (κ1) is 14.3. The van der Waals surface area contributed by atoms with Crippen molar-refractivity contribution in [2.24, 2.45) is 0 Å². The van der Waals surface area contributed by atoms with Gasteiger partial charge in [-0.25, -0.2) is 0 Å². The lowest BCUT2D eigenvalue weighted by Crippen LogP contribution is -2.22. The number of hydrogen-bond acceptors (Lipinski definition) is 3. The number of methoxy groups -OCH3 is 1. The first-order valence-corrected chi connectivity index (χ1v) is 5.98. The molecule has 3 nitrogen and oxygen atoms in total. The lowest BCUT2D eigenvalue weighted by molar-refractivity contribution is 0.0379. The maximum absolute atomic E-state index is 10.4. The number of hydrogen-bond donors (Lipinski definition) is 2. The Labute approximate surface area is 107 Å². The van der Waals surface area contributed by atoms with Crippen LogP contribution in [0.2, 0.25) is 5.02 Å². The third-order valence-electron chi connectivity index (χ3n) is 2.85. The van der Waals surface area contributed by atoms with Crippen molar-refractivity contribution in [3.05, 3.63) is 28.3 Å². The summed E-state index contributed by atoms with van der Waals surface area (Å²) in [7, 11) is 1.57. The van der Waals surface area contributed by atoms with Gasteiger partial charge in [0.1, 0.15) is 5.75 Å². The minimum absolute atomic E-state index is 0.0536. The van der Waals surface area contributed by atoms with E-state index in [9.17, 15) is 5.11 Å². The summed E-state index contributed by atoms with van der Waals surface area (Å²) in [6.07, 6.45) is 0.987. The van der Waals surface area contributed by atoms with E-state index in [-0.39, 0.29) is 6.61 Å². The number of rotatable bonds is 5. The fraction of sp³-hybridized carbons (Fsp3) is 0.538. The largest absolute Gasteiger partial charge is 0.496 e. The van der Waals surface area contributed by atoms with Crippen LogP contribution in [0.5, 0.6) is 5.75 Å². The summed E-state index contributed by atoms with van der Waals surface area (Å²) in [6, 6.07) is 3.51. The smallest absolute Gasteiger partial charge is 0.127 e. The summed E-state index contributed by atoms with van der Waals surface area (Å²) in [5.74, 6) is 0.650. The van der Waals surface area contributed by atoms with Gasteiger partial charge >= 0.3 is 0 Å². The van der Waals surface area contributed by atoms with Gasteiger partial charge in [-0.2, -0.15) is 0 Å². The second kappa shape index (κ2) is 5.71. The van der Waals surface area contributed by atoms with E-state index in [2.05, 4.69) is 0 Å². The Morgan fingerprint density at radius 1 is 1.41 bits per heavy atom. The van der Waals surface area contributed by atoms with Crippen LogP contribution in [0.4, 0.5) is 0 Å². The number of aliphatic hydroxyl groups excluding tert-OH is 1. The Morgan fingerprint density at radius 2 is 2.06 bits per heavy atom. The zero-order valence-corrected chi connectivity index (χ0v) is 11.2. The van der Waals surface area contributed by atoms with Gasteiger partial charge in [0.25, 0.3) is 0 Å². The Hall–Kier alpha value is -0.770. The molecule has 1 unspecified atom stereocenters. The van der Waals surface area contributed by atoms with Crippen LogP contribution < -0.4 is 4.74 Å². The summed E-state index contributed by atoms with van der Waals surface area (Å²) in [6.45, 7) is 3.64. The van der Waals surface area contributed by atoms with E-state index in [0.717, 1.165) is 5.56 Å². The molecule has 1 aromatic rings. The van der Waals surface area contributed by atoms with Crippen molar-refractivity contribution in [1.29, 1.82) is 0 Å². The van der Waals surface area contributed by atoms with E-state index in [1.54, 1.807) is 26.2 Å². The fourth-order valence-corrected chi connectivity index (χ4v) is 2.23. The van der Waals surface area contributed by atoms with E-state index < -0.39 is 5.60 Å². The van der Waals surface area contributed by atoms with Gasteiger partial charge in [-0.05, 0) is 44.4 Å². The predicted molar refractivity (Wildman–Crippen MR) is 68.6 cm³/mol. The molecule has 0 saturated heterocycles. The van der Waals surface area contributed by atoms with Crippen LogP contribution in [0.3, 0.4) is 0 Å². The van der Waals surface area contributed by atoms with Gasteiger partial charge in [-0.3, -0.25) is 0 Å². The molecule has 0 amide bonds. The highest BCUT2D eigenvalue weighted by molar-refractivity contribution is 6.30. The maximum atomic E-state index is 10.4. The highest BCUT2D eigenvalue weighted by Gasteiger charge is 2.27. The van der Waals surface area contributed by atoms with Crippen molar-refractivity contribution in [3.63, 3.8) is 0 Å². The number of ether oxygens (including phenoxy) is 1. The molecule has 0 aliphatic heterocycles. The minimum atomic E-state index is -1.05. The topological polar surface area (TPSA) is 49.7 Å². The Morgan fingerprint density at radius 3 is 2.59 bits per heavy atom. The van der Waals surface area contributed by atoms with Crippen LogP contribution in [0, 0.1) is 6.92 Å². The highest BCUT2D eigenvalue weighted by Crippen LogP contribution is 2.37. The third kappa shape index (κ3) is 3.35. The third-order valence-corrected chi connectivity index (χ3v) is 3.06. The van der Waals surface area contributed by atoms with Gasteiger partial charge in [0.2, 0.25) is 0 Å². The molecule has 17 heavy (non-hydrogen) atoms. The van der Waals surface area contributed by atoms with Gasteiger partial charge in [0, 0.05) is 17.2 Å². The van der Waals surface area contributed by atoms with Crippen molar-refractivity contribution in [2.45, 2.75) is 32.3 Å². The van der Waals surface area contributed by atoms with Crippen LogP contribution in [0.1, 0.15) is 30.9 Å². The molecule has 0 radical (unpaired) electrons. The fourth-order valence-electron chi connectivity index (χ4n) is 1.96. The zero-order chi connectivity index (χ0) is 13.1. The molecule has 0 aliphatic carbocycles. The summed E-state index contributed by atoms with van der Waals surface area (Å²) < 4.78 is 5.32. The molecule has 1 aromatic carbocycles. The lowest BCUT2D eigenvalue weighted by Gasteiger charge is -2.26. The molecule has 1 rings (SSSR count). The monoisotopic (exact) mass is 258 g/mol. The number of halogens is 1. The van der Waals surface area contributed by atoms with E-state index >= 15 is 0 Å². The van der Waals surface area contributed by atoms with Crippen molar-refractivity contribution in [3.8, 4) is 5.75 Å². The number of benzene rings is 1. The van der Waals surface area contributed by atoms with Crippen LogP contribution >= 0.6 is 11.6 Å². The predicted octanol–water partition coefficient (Wildman–Crippen LogP) is 2.64. The molecule has 0 bridgehead atoms. The average molecular weight is 259 g/mol. The molecule has 0 heterocycles. The molecule has 0 fully saturated rings. The van der Waals surface area contributed by atoms with Crippen molar-refractivity contribution in [2.75, 3.05) is 13.7 Å². The number of aliphatic hydroxyl groups is 2. The zero-order valence-electron chi connectivity index (χ0n) is 10.5. The van der Waals surface area contributed by atoms with Crippen LogP contribution in [-0.4, -0.2) is 23.9 Å². The summed E-state index contributed by atoms with van der Waals surface area (Å²) in [4.78, 5) is 0. The SMILES string of the molecule is COc1c(C)cc(Cl)cc1C(C)(O)CCCO. The second-order valence-electron chi connectivity index (χ2n) is 4.40. The molecule has 4 heteroatoms. The average Bonchev–Trinajstić information content (AvgIpc) is 2.25. The molecule has 96 valence electrons. The van der Waals surface area contributed by atoms with Crippen LogP contribution in [-0.2, 0) is 5.60 Å². The van der Waals surface area contributed by atoms with Crippen molar-refractivity contribution < 1.29 is 14.9 Å². The minimum Gasteiger partial charge on any atom is -0.496 e. The van der Waals surface area contributed by atoms with Crippen LogP contribution in [0.25, 0.3) is 0 Å². The van der Waals surface area contributed by atoms with E-state index in [0.29, 0.717) is 29.2 Å². The van der Waals surface area contributed by atoms with Gasteiger partial charge < -0.3 is 14.9 Å². The van der Waals surface area contributed by atoms with Gasteiger partial charge in [-0.15, -0.1) is 0 Å². The van der Waals surface area contributed by atoms with E-state index in [1.165, 1.54) is 0 Å². The van der Waals surface area contributed by atoms with Crippen molar-refractivity contribution >= 4 is 11.6 Å². The summed E-state index contributed by atoms with van der Waals surface area (Å²) >= 11 is 6.00. The Bertz CT molecular complexity index is 388. The molecular weight excluding hydrogens is 240 g/mol. The van der Waals surface area contributed by atoms with Gasteiger partial charge in [0.05, 0.1) is 12.7 Å².